The van der Waals surface area contributed by atoms with Gasteiger partial charge in [-0.3, -0.25) is 10.4 Å². The molecule has 1 aromatic carbocycles. The molecule has 1 aliphatic heterocycles. The van der Waals surface area contributed by atoms with Crippen molar-refractivity contribution in [3.63, 3.8) is 0 Å². The Bertz CT molecular complexity index is 548. The van der Waals surface area contributed by atoms with Crippen LogP contribution in [0.2, 0.25) is 0 Å². The standard InChI is InChI=1S/C20H32N4/c1-5-6-7-8-12-15-20-18(2)21-24(22(3)4)23(20)17-16-19-13-10-9-11-14-19/h9-11,13-14,16-17,21H,5-8,12,15H2,1-4H3. The molecule has 0 saturated carbocycles. The molecule has 132 valence electrons. The van der Waals surface area contributed by atoms with E-state index in [0.29, 0.717) is 0 Å². The molecule has 24 heavy (non-hydrogen) atoms. The Morgan fingerprint density at radius 2 is 1.75 bits per heavy atom. The molecule has 0 atom stereocenters. The SMILES string of the molecule is CCCCCCCC1=C(C)NN(N(C)C)N1C=Cc1ccccc1. The lowest BCUT2D eigenvalue weighted by atomic mass is 10.1. The van der Waals surface area contributed by atoms with Gasteiger partial charge in [0.05, 0.1) is 5.70 Å². The average molecular weight is 329 g/mol. The molecule has 0 unspecified atom stereocenters. The molecular formula is C20H32N4. The summed E-state index contributed by atoms with van der Waals surface area (Å²) in [6.07, 6.45) is 11.9. The van der Waals surface area contributed by atoms with Crippen LogP contribution in [0.4, 0.5) is 0 Å². The van der Waals surface area contributed by atoms with Crippen LogP contribution in [0.15, 0.2) is 47.9 Å². The van der Waals surface area contributed by atoms with E-state index in [4.69, 9.17) is 0 Å². The number of hydrogen-bond acceptors (Lipinski definition) is 4. The van der Waals surface area contributed by atoms with Crippen LogP contribution in [-0.4, -0.2) is 29.3 Å². The molecule has 1 aromatic rings. The quantitative estimate of drug-likeness (QED) is 0.660. The van der Waals surface area contributed by atoms with Crippen molar-refractivity contribution in [3.8, 4) is 0 Å². The normalized spacial score (nSPS) is 15.8. The molecule has 0 aliphatic carbocycles. The minimum atomic E-state index is 1.10. The van der Waals surface area contributed by atoms with Gasteiger partial charge in [0, 0.05) is 26.0 Å². The van der Waals surface area contributed by atoms with Crippen LogP contribution < -0.4 is 5.43 Å². The zero-order chi connectivity index (χ0) is 17.4. The molecule has 2 rings (SSSR count). The third-order valence-corrected chi connectivity index (χ3v) is 4.28. The molecular weight excluding hydrogens is 296 g/mol. The van der Waals surface area contributed by atoms with Crippen molar-refractivity contribution in [2.75, 3.05) is 14.1 Å². The third kappa shape index (κ3) is 5.11. The van der Waals surface area contributed by atoms with Gasteiger partial charge in [0.1, 0.15) is 0 Å². The second-order valence-electron chi connectivity index (χ2n) is 6.56. The highest BCUT2D eigenvalue weighted by atomic mass is 16.0. The molecule has 1 aliphatic rings. The minimum absolute atomic E-state index is 1.10. The van der Waals surface area contributed by atoms with E-state index >= 15 is 0 Å². The van der Waals surface area contributed by atoms with Gasteiger partial charge in [0.25, 0.3) is 0 Å². The summed E-state index contributed by atoms with van der Waals surface area (Å²) in [6, 6.07) is 10.4. The average Bonchev–Trinajstić information content (AvgIpc) is 2.90. The van der Waals surface area contributed by atoms with Crippen LogP contribution in [0.5, 0.6) is 0 Å². The molecule has 0 spiro atoms. The Hall–Kier alpha value is -1.78. The van der Waals surface area contributed by atoms with Crippen LogP contribution in [0.1, 0.15) is 57.9 Å². The first-order valence-electron chi connectivity index (χ1n) is 9.09. The Morgan fingerprint density at radius 3 is 2.42 bits per heavy atom. The fraction of sp³-hybridized carbons (Fsp3) is 0.500. The molecule has 0 aromatic heterocycles. The lowest BCUT2D eigenvalue weighted by Gasteiger charge is -2.32. The van der Waals surface area contributed by atoms with Gasteiger partial charge in [-0.05, 0) is 31.4 Å². The number of allylic oxidation sites excluding steroid dienone is 2. The Kier molecular flexibility index (Phi) is 7.35. The number of hydrazine groups is 3. The first kappa shape index (κ1) is 18.6. The van der Waals surface area contributed by atoms with E-state index in [0.717, 1.165) is 6.42 Å². The maximum Gasteiger partial charge on any atom is 0.0580 e. The van der Waals surface area contributed by atoms with E-state index in [1.807, 2.05) is 20.2 Å². The van der Waals surface area contributed by atoms with Crippen molar-refractivity contribution < 1.29 is 0 Å². The van der Waals surface area contributed by atoms with E-state index in [1.54, 1.807) is 0 Å². The number of rotatable bonds is 9. The number of nitrogens with zero attached hydrogens (tertiary/aromatic N) is 3. The van der Waals surface area contributed by atoms with Crippen molar-refractivity contribution in [1.82, 2.24) is 20.7 Å². The summed E-state index contributed by atoms with van der Waals surface area (Å²) in [4.78, 5) is 0. The van der Waals surface area contributed by atoms with Crippen molar-refractivity contribution in [3.05, 3.63) is 53.5 Å². The monoisotopic (exact) mass is 328 g/mol. The van der Waals surface area contributed by atoms with E-state index in [1.165, 1.54) is 49.1 Å². The zero-order valence-electron chi connectivity index (χ0n) is 15.6. The topological polar surface area (TPSA) is 21.8 Å². The number of nitrogens with one attached hydrogen (secondary N) is 1. The van der Waals surface area contributed by atoms with E-state index in [2.05, 4.69) is 71.1 Å². The zero-order valence-corrected chi connectivity index (χ0v) is 15.6. The highest BCUT2D eigenvalue weighted by molar-refractivity contribution is 5.48. The van der Waals surface area contributed by atoms with E-state index < -0.39 is 0 Å². The molecule has 4 nitrogen and oxygen atoms in total. The van der Waals surface area contributed by atoms with Crippen LogP contribution in [-0.2, 0) is 0 Å². The van der Waals surface area contributed by atoms with Gasteiger partial charge in [-0.25, -0.2) is 5.01 Å². The van der Waals surface area contributed by atoms with E-state index in [-0.39, 0.29) is 0 Å². The van der Waals surface area contributed by atoms with Gasteiger partial charge in [0.2, 0.25) is 0 Å². The Labute approximate surface area is 147 Å². The van der Waals surface area contributed by atoms with Crippen molar-refractivity contribution in [1.29, 1.82) is 0 Å². The van der Waals surface area contributed by atoms with Crippen LogP contribution in [0.3, 0.4) is 0 Å². The first-order valence-corrected chi connectivity index (χ1v) is 9.09. The van der Waals surface area contributed by atoms with Crippen molar-refractivity contribution >= 4 is 6.08 Å². The van der Waals surface area contributed by atoms with Gasteiger partial charge in [0.15, 0.2) is 0 Å². The number of benzene rings is 1. The fourth-order valence-electron chi connectivity index (χ4n) is 2.92. The maximum atomic E-state index is 3.46. The maximum absolute atomic E-state index is 3.46. The van der Waals surface area contributed by atoms with Gasteiger partial charge >= 0.3 is 0 Å². The smallest absolute Gasteiger partial charge is 0.0580 e. The fourth-order valence-corrected chi connectivity index (χ4v) is 2.92. The number of hydrogen-bond donors (Lipinski definition) is 1. The van der Waals surface area contributed by atoms with Crippen LogP contribution in [0, 0.1) is 0 Å². The summed E-state index contributed by atoms with van der Waals surface area (Å²) >= 11 is 0. The molecule has 0 bridgehead atoms. The second kappa shape index (κ2) is 9.50. The molecule has 0 fully saturated rings. The highest BCUT2D eigenvalue weighted by Crippen LogP contribution is 2.26. The summed E-state index contributed by atoms with van der Waals surface area (Å²) in [5, 5.41) is 6.33. The molecule has 0 saturated heterocycles. The summed E-state index contributed by atoms with van der Waals surface area (Å²) < 4.78 is 0. The molecule has 1 N–H and O–H groups in total. The van der Waals surface area contributed by atoms with Gasteiger partial charge in [-0.15, -0.1) is 0 Å². The Balaban J connectivity index is 2.04. The molecule has 0 radical (unpaired) electrons. The first-order chi connectivity index (χ1) is 11.6. The minimum Gasteiger partial charge on any atom is -0.289 e. The predicted molar refractivity (Wildman–Crippen MR) is 102 cm³/mol. The van der Waals surface area contributed by atoms with Gasteiger partial charge < -0.3 is 0 Å². The summed E-state index contributed by atoms with van der Waals surface area (Å²) in [6.45, 7) is 4.42. The largest absolute Gasteiger partial charge is 0.289 e. The van der Waals surface area contributed by atoms with Crippen molar-refractivity contribution in [2.45, 2.75) is 52.4 Å². The molecule has 0 amide bonds. The molecule has 4 heteroatoms. The summed E-state index contributed by atoms with van der Waals surface area (Å²) in [5.74, 6) is 0. The highest BCUT2D eigenvalue weighted by Gasteiger charge is 2.27. The Morgan fingerprint density at radius 1 is 1.04 bits per heavy atom. The lowest BCUT2D eigenvalue weighted by molar-refractivity contribution is -0.132. The van der Waals surface area contributed by atoms with Crippen LogP contribution >= 0.6 is 0 Å². The van der Waals surface area contributed by atoms with Gasteiger partial charge in [-0.1, -0.05) is 68.2 Å². The van der Waals surface area contributed by atoms with E-state index in [9.17, 15) is 0 Å². The predicted octanol–water partition coefficient (Wildman–Crippen LogP) is 4.76. The third-order valence-electron chi connectivity index (χ3n) is 4.28. The summed E-state index contributed by atoms with van der Waals surface area (Å²) in [7, 11) is 4.10. The van der Waals surface area contributed by atoms with Crippen LogP contribution in [0.25, 0.3) is 6.08 Å². The van der Waals surface area contributed by atoms with Gasteiger partial charge in [-0.2, -0.15) is 0 Å². The van der Waals surface area contributed by atoms with Crippen molar-refractivity contribution in [2.24, 2.45) is 0 Å². The lowest BCUT2D eigenvalue weighted by Crippen LogP contribution is -2.49. The number of unbranched alkanes of at least 4 members (excludes halogenated alkanes) is 4. The second-order valence-corrected chi connectivity index (χ2v) is 6.56. The summed E-state index contributed by atoms with van der Waals surface area (Å²) in [5.41, 5.74) is 7.25. The molecule has 1 heterocycles.